The first-order valence-electron chi connectivity index (χ1n) is 7.49. The summed E-state index contributed by atoms with van der Waals surface area (Å²) in [6, 6.07) is 10.9. The first-order valence-corrected chi connectivity index (χ1v) is 7.87. The third kappa shape index (κ3) is 3.19. The van der Waals surface area contributed by atoms with E-state index in [9.17, 15) is 4.79 Å². The van der Waals surface area contributed by atoms with Gasteiger partial charge in [-0.2, -0.15) is 0 Å². The van der Waals surface area contributed by atoms with Crippen LogP contribution in [0.4, 0.5) is 5.69 Å². The van der Waals surface area contributed by atoms with Crippen LogP contribution in [-0.2, 0) is 6.54 Å². The van der Waals surface area contributed by atoms with Gasteiger partial charge in [-0.05, 0) is 49.2 Å². The van der Waals surface area contributed by atoms with Gasteiger partial charge in [0, 0.05) is 12.1 Å². The van der Waals surface area contributed by atoms with Crippen molar-refractivity contribution in [2.24, 2.45) is 0 Å². The second-order valence-corrected chi connectivity index (χ2v) is 5.86. The van der Waals surface area contributed by atoms with E-state index in [0.717, 1.165) is 24.0 Å². The first kappa shape index (κ1) is 15.5. The topological polar surface area (TPSA) is 59.8 Å². The molecule has 3 rings (SSSR count). The molecule has 23 heavy (non-hydrogen) atoms. The number of rotatable bonds is 4. The van der Waals surface area contributed by atoms with Crippen LogP contribution in [0.2, 0.25) is 5.02 Å². The molecule has 1 N–H and O–H groups in total. The van der Waals surface area contributed by atoms with Crippen LogP contribution >= 0.6 is 11.6 Å². The molecule has 5 nitrogen and oxygen atoms in total. The lowest BCUT2D eigenvalue weighted by Gasteiger charge is -2.08. The summed E-state index contributed by atoms with van der Waals surface area (Å²) in [6.45, 7) is 4.84. The number of nitrogens with zero attached hydrogens (tertiary/aromatic N) is 3. The molecule has 3 aromatic rings. The number of fused-ring (bicyclic) bond motifs is 1. The van der Waals surface area contributed by atoms with E-state index >= 15 is 0 Å². The van der Waals surface area contributed by atoms with E-state index in [1.807, 2.05) is 29.8 Å². The SMILES string of the molecule is CCCn1nnc2cc(C(=O)Nc3ccc(C)cc3Cl)ccc21. The number of amides is 1. The fourth-order valence-electron chi connectivity index (χ4n) is 2.41. The minimum Gasteiger partial charge on any atom is -0.321 e. The summed E-state index contributed by atoms with van der Waals surface area (Å²) in [7, 11) is 0. The fraction of sp³-hybridized carbons (Fsp3) is 0.235. The van der Waals surface area contributed by atoms with Crippen molar-refractivity contribution in [2.45, 2.75) is 26.8 Å². The fourth-order valence-corrected chi connectivity index (χ4v) is 2.69. The zero-order valence-electron chi connectivity index (χ0n) is 13.0. The van der Waals surface area contributed by atoms with Gasteiger partial charge in [0.25, 0.3) is 5.91 Å². The molecule has 0 atom stereocenters. The van der Waals surface area contributed by atoms with Gasteiger partial charge in [0.1, 0.15) is 5.52 Å². The summed E-state index contributed by atoms with van der Waals surface area (Å²) >= 11 is 6.15. The Kier molecular flexibility index (Phi) is 4.30. The average molecular weight is 329 g/mol. The number of aryl methyl sites for hydroxylation is 2. The predicted octanol–water partition coefficient (Wildman–Crippen LogP) is 4.06. The third-order valence-corrected chi connectivity index (χ3v) is 3.90. The molecule has 1 amide bonds. The molecule has 0 saturated carbocycles. The van der Waals surface area contributed by atoms with Crippen LogP contribution in [0.3, 0.4) is 0 Å². The Hall–Kier alpha value is -2.40. The minimum atomic E-state index is -0.220. The summed E-state index contributed by atoms with van der Waals surface area (Å²) in [5.41, 5.74) is 3.80. The number of nitrogens with one attached hydrogen (secondary N) is 1. The van der Waals surface area contributed by atoms with Gasteiger partial charge in [-0.1, -0.05) is 29.8 Å². The van der Waals surface area contributed by atoms with Crippen molar-refractivity contribution >= 4 is 34.2 Å². The average Bonchev–Trinajstić information content (AvgIpc) is 2.93. The Morgan fingerprint density at radius 1 is 1.26 bits per heavy atom. The zero-order chi connectivity index (χ0) is 16.4. The molecule has 2 aromatic carbocycles. The maximum atomic E-state index is 12.4. The van der Waals surface area contributed by atoms with E-state index in [1.54, 1.807) is 18.2 Å². The smallest absolute Gasteiger partial charge is 0.255 e. The molecule has 0 aliphatic rings. The Bertz CT molecular complexity index is 872. The van der Waals surface area contributed by atoms with E-state index in [0.29, 0.717) is 21.8 Å². The lowest BCUT2D eigenvalue weighted by atomic mass is 10.1. The largest absolute Gasteiger partial charge is 0.321 e. The van der Waals surface area contributed by atoms with Crippen molar-refractivity contribution in [2.75, 3.05) is 5.32 Å². The molecule has 0 radical (unpaired) electrons. The van der Waals surface area contributed by atoms with Crippen LogP contribution in [0.1, 0.15) is 29.3 Å². The Labute approximate surface area is 139 Å². The lowest BCUT2D eigenvalue weighted by Crippen LogP contribution is -2.12. The van der Waals surface area contributed by atoms with Crippen molar-refractivity contribution in [1.29, 1.82) is 0 Å². The van der Waals surface area contributed by atoms with Crippen molar-refractivity contribution < 1.29 is 4.79 Å². The number of hydrogen-bond acceptors (Lipinski definition) is 3. The zero-order valence-corrected chi connectivity index (χ0v) is 13.8. The minimum absolute atomic E-state index is 0.220. The molecular formula is C17H17ClN4O. The molecule has 1 heterocycles. The summed E-state index contributed by atoms with van der Waals surface area (Å²) in [5, 5.41) is 11.6. The second-order valence-electron chi connectivity index (χ2n) is 5.45. The summed E-state index contributed by atoms with van der Waals surface area (Å²) in [6.07, 6.45) is 0.979. The number of benzene rings is 2. The van der Waals surface area contributed by atoms with Gasteiger partial charge in [0.2, 0.25) is 0 Å². The molecule has 0 unspecified atom stereocenters. The van der Waals surface area contributed by atoms with E-state index in [1.165, 1.54) is 0 Å². The quantitative estimate of drug-likeness (QED) is 0.785. The van der Waals surface area contributed by atoms with Gasteiger partial charge in [0.15, 0.2) is 0 Å². The Morgan fingerprint density at radius 2 is 2.09 bits per heavy atom. The van der Waals surface area contributed by atoms with E-state index < -0.39 is 0 Å². The first-order chi connectivity index (χ1) is 11.1. The summed E-state index contributed by atoms with van der Waals surface area (Å²) < 4.78 is 1.84. The van der Waals surface area contributed by atoms with Gasteiger partial charge in [-0.25, -0.2) is 4.68 Å². The second kappa shape index (κ2) is 6.38. The maximum Gasteiger partial charge on any atom is 0.255 e. The molecule has 6 heteroatoms. The maximum absolute atomic E-state index is 12.4. The van der Waals surface area contributed by atoms with Crippen molar-refractivity contribution in [1.82, 2.24) is 15.0 Å². The molecule has 0 bridgehead atoms. The van der Waals surface area contributed by atoms with Crippen molar-refractivity contribution in [3.8, 4) is 0 Å². The lowest BCUT2D eigenvalue weighted by molar-refractivity contribution is 0.102. The Morgan fingerprint density at radius 3 is 2.83 bits per heavy atom. The summed E-state index contributed by atoms with van der Waals surface area (Å²) in [4.78, 5) is 12.4. The van der Waals surface area contributed by atoms with E-state index in [2.05, 4.69) is 22.6 Å². The molecule has 0 saturated heterocycles. The number of anilines is 1. The van der Waals surface area contributed by atoms with Crippen LogP contribution in [0.5, 0.6) is 0 Å². The van der Waals surface area contributed by atoms with Crippen molar-refractivity contribution in [3.05, 3.63) is 52.5 Å². The van der Waals surface area contributed by atoms with Crippen LogP contribution in [0.25, 0.3) is 11.0 Å². The van der Waals surface area contributed by atoms with Gasteiger partial charge in [-0.15, -0.1) is 5.10 Å². The molecule has 1 aromatic heterocycles. The van der Waals surface area contributed by atoms with Crippen LogP contribution in [-0.4, -0.2) is 20.9 Å². The molecule has 0 aliphatic heterocycles. The molecule has 0 spiro atoms. The summed E-state index contributed by atoms with van der Waals surface area (Å²) in [5.74, 6) is -0.220. The Balaban J connectivity index is 1.86. The van der Waals surface area contributed by atoms with Crippen LogP contribution in [0.15, 0.2) is 36.4 Å². The highest BCUT2D eigenvalue weighted by atomic mass is 35.5. The van der Waals surface area contributed by atoms with Gasteiger partial charge >= 0.3 is 0 Å². The molecule has 118 valence electrons. The van der Waals surface area contributed by atoms with E-state index in [-0.39, 0.29) is 5.91 Å². The molecule has 0 aliphatic carbocycles. The number of hydrogen-bond donors (Lipinski definition) is 1. The highest BCUT2D eigenvalue weighted by molar-refractivity contribution is 6.34. The highest BCUT2D eigenvalue weighted by Gasteiger charge is 2.11. The standard InChI is InChI=1S/C17H17ClN4O/c1-3-8-22-16-7-5-12(10-15(16)20-21-22)17(23)19-14-6-4-11(2)9-13(14)18/h4-7,9-10H,3,8H2,1-2H3,(H,19,23). The monoisotopic (exact) mass is 328 g/mol. The van der Waals surface area contributed by atoms with Gasteiger partial charge < -0.3 is 5.32 Å². The van der Waals surface area contributed by atoms with Gasteiger partial charge in [-0.3, -0.25) is 4.79 Å². The van der Waals surface area contributed by atoms with Crippen LogP contribution in [0, 0.1) is 6.92 Å². The van der Waals surface area contributed by atoms with E-state index in [4.69, 9.17) is 11.6 Å². The predicted molar refractivity (Wildman–Crippen MR) is 92.0 cm³/mol. The number of carbonyl (C=O) groups is 1. The normalized spacial score (nSPS) is 10.9. The van der Waals surface area contributed by atoms with Gasteiger partial charge in [0.05, 0.1) is 16.2 Å². The number of aromatic nitrogens is 3. The molecule has 0 fully saturated rings. The van der Waals surface area contributed by atoms with Crippen LogP contribution < -0.4 is 5.32 Å². The third-order valence-electron chi connectivity index (χ3n) is 3.58. The molecular weight excluding hydrogens is 312 g/mol. The number of halogens is 1. The van der Waals surface area contributed by atoms with Crippen molar-refractivity contribution in [3.63, 3.8) is 0 Å². The number of carbonyl (C=O) groups excluding carboxylic acids is 1. The highest BCUT2D eigenvalue weighted by Crippen LogP contribution is 2.23.